The Kier molecular flexibility index (Phi) is 3.96. The van der Waals surface area contributed by atoms with E-state index in [2.05, 4.69) is 0 Å². The summed E-state index contributed by atoms with van der Waals surface area (Å²) in [6.07, 6.45) is 0.175. The average Bonchev–Trinajstić information content (AvgIpc) is 2.72. The van der Waals surface area contributed by atoms with Crippen LogP contribution in [-0.2, 0) is 4.79 Å². The Morgan fingerprint density at radius 1 is 1.53 bits per heavy atom. The van der Waals surface area contributed by atoms with Crippen LogP contribution in [0, 0.1) is 11.7 Å². The highest BCUT2D eigenvalue weighted by Crippen LogP contribution is 2.34. The lowest BCUT2D eigenvalue weighted by Gasteiger charge is -2.20. The molecule has 1 heterocycles. The van der Waals surface area contributed by atoms with Crippen molar-refractivity contribution in [1.82, 2.24) is 0 Å². The largest absolute Gasteiger partial charge is 0.478 e. The minimum absolute atomic E-state index is 0.106. The highest BCUT2D eigenvalue weighted by atomic mass is 35.5. The van der Waals surface area contributed by atoms with E-state index in [-0.39, 0.29) is 41.4 Å². The number of anilines is 1. The van der Waals surface area contributed by atoms with E-state index in [0.29, 0.717) is 0 Å². The van der Waals surface area contributed by atoms with E-state index in [1.807, 2.05) is 0 Å². The molecule has 4 nitrogen and oxygen atoms in total. The van der Waals surface area contributed by atoms with Gasteiger partial charge in [-0.2, -0.15) is 0 Å². The summed E-state index contributed by atoms with van der Waals surface area (Å²) in [5.74, 6) is -2.37. The van der Waals surface area contributed by atoms with Gasteiger partial charge < -0.3 is 10.0 Å². The molecular weight excluding hydrogens is 296 g/mol. The molecule has 1 N–H and O–H groups in total. The predicted octanol–water partition coefficient (Wildman–Crippen LogP) is 2.77. The number of amides is 1. The van der Waals surface area contributed by atoms with E-state index in [0.717, 1.165) is 17.0 Å². The summed E-state index contributed by atoms with van der Waals surface area (Å²) in [4.78, 5) is 24.1. The van der Waals surface area contributed by atoms with Crippen molar-refractivity contribution in [3.05, 3.63) is 28.5 Å². The van der Waals surface area contributed by atoms with Crippen molar-refractivity contribution >= 4 is 40.8 Å². The minimum Gasteiger partial charge on any atom is -0.478 e. The number of carbonyl (C=O) groups is 2. The number of carbonyl (C=O) groups excluding carboxylic acids is 1. The summed E-state index contributed by atoms with van der Waals surface area (Å²) in [6, 6.07) is 2.20. The number of carboxylic acids is 1. The minimum atomic E-state index is -1.37. The van der Waals surface area contributed by atoms with Gasteiger partial charge in [-0.1, -0.05) is 11.6 Å². The smallest absolute Gasteiger partial charge is 0.339 e. The van der Waals surface area contributed by atoms with E-state index in [1.165, 1.54) is 0 Å². The Labute approximate surface area is 118 Å². The number of benzene rings is 1. The van der Waals surface area contributed by atoms with Crippen molar-refractivity contribution in [3.8, 4) is 0 Å². The normalized spacial score (nSPS) is 19.0. The second-order valence-electron chi connectivity index (χ2n) is 4.29. The summed E-state index contributed by atoms with van der Waals surface area (Å²) < 4.78 is 13.9. The van der Waals surface area contributed by atoms with Crippen molar-refractivity contribution in [2.75, 3.05) is 17.3 Å². The van der Waals surface area contributed by atoms with Crippen LogP contribution < -0.4 is 4.90 Å². The van der Waals surface area contributed by atoms with Gasteiger partial charge in [-0.15, -0.1) is 11.6 Å². The van der Waals surface area contributed by atoms with Gasteiger partial charge in [-0.25, -0.2) is 9.18 Å². The third-order valence-corrected chi connectivity index (χ3v) is 3.74. The molecule has 1 aromatic rings. The highest BCUT2D eigenvalue weighted by molar-refractivity contribution is 6.34. The number of hydrogen-bond donors (Lipinski definition) is 1. The summed E-state index contributed by atoms with van der Waals surface area (Å²) in [5.41, 5.74) is -0.678. The Morgan fingerprint density at radius 3 is 2.74 bits per heavy atom. The van der Waals surface area contributed by atoms with Crippen LogP contribution in [0.5, 0.6) is 0 Å². The molecule has 19 heavy (non-hydrogen) atoms. The maximum Gasteiger partial charge on any atom is 0.339 e. The summed E-state index contributed by atoms with van der Waals surface area (Å²) in [6.45, 7) is 0.194. The molecule has 2 rings (SSSR count). The first-order chi connectivity index (χ1) is 8.95. The fraction of sp³-hybridized carbons (Fsp3) is 0.333. The van der Waals surface area contributed by atoms with Crippen molar-refractivity contribution in [2.45, 2.75) is 6.42 Å². The molecule has 1 aliphatic heterocycles. The van der Waals surface area contributed by atoms with Gasteiger partial charge in [0.1, 0.15) is 11.4 Å². The van der Waals surface area contributed by atoms with Crippen molar-refractivity contribution < 1.29 is 19.1 Å². The second kappa shape index (κ2) is 5.35. The van der Waals surface area contributed by atoms with E-state index in [4.69, 9.17) is 28.3 Å². The number of hydrogen-bond acceptors (Lipinski definition) is 2. The molecule has 0 saturated carbocycles. The topological polar surface area (TPSA) is 57.6 Å². The van der Waals surface area contributed by atoms with Crippen LogP contribution in [0.4, 0.5) is 10.1 Å². The molecule has 1 atom stereocenters. The lowest BCUT2D eigenvalue weighted by molar-refractivity contribution is -0.117. The Bertz CT molecular complexity index is 550. The van der Waals surface area contributed by atoms with E-state index in [1.54, 1.807) is 0 Å². The van der Waals surface area contributed by atoms with Crippen LogP contribution in [0.2, 0.25) is 5.02 Å². The monoisotopic (exact) mass is 305 g/mol. The van der Waals surface area contributed by atoms with Gasteiger partial charge in [0.25, 0.3) is 0 Å². The number of aromatic carboxylic acids is 1. The molecule has 0 aromatic heterocycles. The molecule has 1 saturated heterocycles. The highest BCUT2D eigenvalue weighted by Gasteiger charge is 2.35. The van der Waals surface area contributed by atoms with Crippen LogP contribution in [-0.4, -0.2) is 29.4 Å². The Hall–Kier alpha value is -1.33. The lowest BCUT2D eigenvalue weighted by Crippen LogP contribution is -2.28. The molecule has 7 heteroatoms. The van der Waals surface area contributed by atoms with Gasteiger partial charge in [0, 0.05) is 18.8 Å². The summed E-state index contributed by atoms with van der Waals surface area (Å²) >= 11 is 11.5. The van der Waals surface area contributed by atoms with E-state index in [9.17, 15) is 14.0 Å². The van der Waals surface area contributed by atoms with Crippen LogP contribution >= 0.6 is 23.2 Å². The van der Waals surface area contributed by atoms with Gasteiger partial charge in [-0.05, 0) is 18.1 Å². The zero-order valence-corrected chi connectivity index (χ0v) is 11.2. The first-order valence-electron chi connectivity index (χ1n) is 5.53. The third kappa shape index (κ3) is 2.53. The van der Waals surface area contributed by atoms with E-state index < -0.39 is 17.3 Å². The summed E-state index contributed by atoms with van der Waals surface area (Å²) in [5, 5.41) is 9.02. The third-order valence-electron chi connectivity index (χ3n) is 2.98. The fourth-order valence-corrected chi connectivity index (χ4v) is 2.55. The number of nitrogens with zero attached hydrogens (tertiary/aromatic N) is 1. The zero-order chi connectivity index (χ0) is 14.2. The van der Waals surface area contributed by atoms with Gasteiger partial charge in [-0.3, -0.25) is 4.79 Å². The second-order valence-corrected chi connectivity index (χ2v) is 5.00. The molecule has 0 radical (unpaired) electrons. The fourth-order valence-electron chi connectivity index (χ4n) is 2.11. The van der Waals surface area contributed by atoms with Crippen molar-refractivity contribution in [2.24, 2.45) is 5.92 Å². The predicted molar refractivity (Wildman–Crippen MR) is 69.5 cm³/mol. The molecule has 102 valence electrons. The number of alkyl halides is 1. The molecule has 1 aliphatic rings. The van der Waals surface area contributed by atoms with Gasteiger partial charge >= 0.3 is 5.97 Å². The first-order valence-corrected chi connectivity index (χ1v) is 6.44. The molecular formula is C12H10Cl2FNO3. The van der Waals surface area contributed by atoms with Gasteiger partial charge in [0.05, 0.1) is 10.7 Å². The Balaban J connectivity index is 2.53. The van der Waals surface area contributed by atoms with Crippen LogP contribution in [0.25, 0.3) is 0 Å². The number of carboxylic acid groups (broad SMARTS) is 1. The molecule has 1 amide bonds. The van der Waals surface area contributed by atoms with Crippen molar-refractivity contribution in [3.63, 3.8) is 0 Å². The van der Waals surface area contributed by atoms with Crippen LogP contribution in [0.1, 0.15) is 16.8 Å². The van der Waals surface area contributed by atoms with Gasteiger partial charge in [0.15, 0.2) is 0 Å². The quantitative estimate of drug-likeness (QED) is 0.874. The molecule has 1 unspecified atom stereocenters. The SMILES string of the molecule is O=C(O)c1c(Cl)ccc(F)c1N1CC(CCl)CC1=O. The lowest BCUT2D eigenvalue weighted by atomic mass is 10.1. The molecule has 0 aliphatic carbocycles. The first kappa shape index (κ1) is 14.1. The molecule has 0 spiro atoms. The number of halogens is 3. The van der Waals surface area contributed by atoms with Crippen molar-refractivity contribution in [1.29, 1.82) is 0 Å². The standard InChI is InChI=1S/C12H10Cl2FNO3/c13-4-6-3-9(17)16(5-6)11-8(15)2-1-7(14)10(11)12(18)19/h1-2,6H,3-5H2,(H,18,19). The number of rotatable bonds is 3. The zero-order valence-electron chi connectivity index (χ0n) is 9.70. The Morgan fingerprint density at radius 2 is 2.21 bits per heavy atom. The maximum atomic E-state index is 13.9. The molecule has 0 bridgehead atoms. The summed E-state index contributed by atoms with van der Waals surface area (Å²) in [7, 11) is 0. The molecule has 1 aromatic carbocycles. The van der Waals surface area contributed by atoms with Crippen LogP contribution in [0.3, 0.4) is 0 Å². The average molecular weight is 306 g/mol. The molecule has 1 fully saturated rings. The van der Waals surface area contributed by atoms with E-state index >= 15 is 0 Å². The van der Waals surface area contributed by atoms with Crippen LogP contribution in [0.15, 0.2) is 12.1 Å². The maximum absolute atomic E-state index is 13.9. The van der Waals surface area contributed by atoms with Gasteiger partial charge in [0.2, 0.25) is 5.91 Å².